The van der Waals surface area contributed by atoms with Gasteiger partial charge in [0, 0.05) is 0 Å². The van der Waals surface area contributed by atoms with Crippen LogP contribution in [0.1, 0.15) is 82.3 Å². The van der Waals surface area contributed by atoms with E-state index in [2.05, 4.69) is 44.2 Å². The van der Waals surface area contributed by atoms with Gasteiger partial charge in [0.05, 0.1) is 0 Å². The Morgan fingerprint density at radius 1 is 0.952 bits per heavy atom. The highest BCUT2D eigenvalue weighted by molar-refractivity contribution is 5.66. The second-order valence-electron chi connectivity index (χ2n) is 7.36. The maximum Gasteiger partial charge on any atom is -0.0162 e. The van der Waals surface area contributed by atoms with Crippen molar-refractivity contribution in [1.82, 2.24) is 0 Å². The zero-order chi connectivity index (χ0) is 14.7. The van der Waals surface area contributed by atoms with Gasteiger partial charge in [-0.25, -0.2) is 0 Å². The van der Waals surface area contributed by atoms with Crippen molar-refractivity contribution >= 4 is 5.57 Å². The molecule has 0 saturated heterocycles. The third-order valence-corrected chi connectivity index (χ3v) is 5.85. The average molecular weight is 282 g/mol. The van der Waals surface area contributed by atoms with Crippen LogP contribution in [0.15, 0.2) is 30.3 Å². The van der Waals surface area contributed by atoms with E-state index < -0.39 is 0 Å². The summed E-state index contributed by atoms with van der Waals surface area (Å²) in [4.78, 5) is 0. The van der Waals surface area contributed by atoms with Crippen LogP contribution >= 0.6 is 0 Å². The molecule has 0 aliphatic heterocycles. The molecule has 0 heterocycles. The van der Waals surface area contributed by atoms with Gasteiger partial charge < -0.3 is 0 Å². The quantitative estimate of drug-likeness (QED) is 0.588. The van der Waals surface area contributed by atoms with Gasteiger partial charge in [-0.1, -0.05) is 50.6 Å². The second-order valence-corrected chi connectivity index (χ2v) is 7.36. The van der Waals surface area contributed by atoms with Gasteiger partial charge in [-0.15, -0.1) is 0 Å². The van der Waals surface area contributed by atoms with Gasteiger partial charge >= 0.3 is 0 Å². The Kier molecular flexibility index (Phi) is 4.83. The normalized spacial score (nSPS) is 30.0. The highest BCUT2D eigenvalue weighted by atomic mass is 14.3. The van der Waals surface area contributed by atoms with Crippen LogP contribution in [0.2, 0.25) is 0 Å². The van der Waals surface area contributed by atoms with Crippen LogP contribution in [0.5, 0.6) is 0 Å². The van der Waals surface area contributed by atoms with Gasteiger partial charge in [0.1, 0.15) is 0 Å². The van der Waals surface area contributed by atoms with E-state index in [1.807, 2.05) is 0 Å². The summed E-state index contributed by atoms with van der Waals surface area (Å²) in [5.41, 5.74) is 4.63. The first-order chi connectivity index (χ1) is 10.3. The van der Waals surface area contributed by atoms with Crippen molar-refractivity contribution in [3.8, 4) is 0 Å². The molecule has 3 rings (SSSR count). The van der Waals surface area contributed by atoms with Gasteiger partial charge in [-0.3, -0.25) is 0 Å². The fourth-order valence-electron chi connectivity index (χ4n) is 4.10. The summed E-state index contributed by atoms with van der Waals surface area (Å²) in [5.74, 6) is 2.69. The molecule has 1 saturated carbocycles. The lowest BCUT2D eigenvalue weighted by molar-refractivity contribution is 0.319. The maximum absolute atomic E-state index is 2.47. The fraction of sp³-hybridized carbons (Fsp3) is 0.619. The lowest BCUT2D eigenvalue weighted by atomic mass is 9.77. The van der Waals surface area contributed by atoms with Crippen LogP contribution in [-0.2, 0) is 0 Å². The summed E-state index contributed by atoms with van der Waals surface area (Å²) in [5, 5.41) is 0. The molecule has 2 aliphatic carbocycles. The van der Waals surface area contributed by atoms with Crippen LogP contribution in [0.4, 0.5) is 0 Å². The Bertz CT molecular complexity index is 471. The van der Waals surface area contributed by atoms with Crippen molar-refractivity contribution in [2.45, 2.75) is 71.1 Å². The van der Waals surface area contributed by atoms with Crippen LogP contribution in [-0.4, -0.2) is 0 Å². The van der Waals surface area contributed by atoms with Gasteiger partial charge in [0.25, 0.3) is 0 Å². The Balaban J connectivity index is 1.65. The van der Waals surface area contributed by atoms with Crippen molar-refractivity contribution in [1.29, 1.82) is 0 Å². The molecular formula is C21H30. The maximum atomic E-state index is 2.47. The molecule has 1 unspecified atom stereocenters. The Hall–Kier alpha value is -1.04. The summed E-state index contributed by atoms with van der Waals surface area (Å²) >= 11 is 0. The smallest absolute Gasteiger partial charge is 0.0162 e. The van der Waals surface area contributed by atoms with E-state index in [0.29, 0.717) is 0 Å². The summed E-state index contributed by atoms with van der Waals surface area (Å²) < 4.78 is 0. The molecule has 0 nitrogen and oxygen atoms in total. The summed E-state index contributed by atoms with van der Waals surface area (Å²) in [6.07, 6.45) is 13.4. The summed E-state index contributed by atoms with van der Waals surface area (Å²) in [6, 6.07) is 9.57. The first-order valence-electron chi connectivity index (χ1n) is 9.05. The minimum atomic E-state index is 0.821. The Morgan fingerprint density at radius 3 is 2.24 bits per heavy atom. The first kappa shape index (κ1) is 14.9. The van der Waals surface area contributed by atoms with E-state index in [-0.39, 0.29) is 0 Å². The molecule has 0 spiro atoms. The number of hydrogen-bond acceptors (Lipinski definition) is 0. The van der Waals surface area contributed by atoms with Crippen LogP contribution < -0.4 is 0 Å². The van der Waals surface area contributed by atoms with E-state index in [1.54, 1.807) is 11.1 Å². The fourth-order valence-corrected chi connectivity index (χ4v) is 4.10. The third-order valence-electron chi connectivity index (χ3n) is 5.85. The molecule has 1 fully saturated rings. The third kappa shape index (κ3) is 3.59. The molecule has 0 radical (unpaired) electrons. The topological polar surface area (TPSA) is 0 Å². The van der Waals surface area contributed by atoms with Crippen LogP contribution in [0.3, 0.4) is 0 Å². The predicted molar refractivity (Wildman–Crippen MR) is 92.4 cm³/mol. The van der Waals surface area contributed by atoms with Gasteiger partial charge in [0.2, 0.25) is 0 Å². The standard InChI is InChI=1S/C21H30/c1-3-17-6-10-19(11-7-17)21-14-12-20(13-15-21)18-8-4-16(2)5-9-18/h8,12-17,19H,3-7,9-11H2,1-2H3/t16?,17-,19-. The minimum Gasteiger partial charge on any atom is -0.0805 e. The number of hydrogen-bond donors (Lipinski definition) is 0. The molecule has 0 aromatic heterocycles. The highest BCUT2D eigenvalue weighted by Gasteiger charge is 2.21. The molecule has 21 heavy (non-hydrogen) atoms. The predicted octanol–water partition coefficient (Wildman–Crippen LogP) is 6.57. The van der Waals surface area contributed by atoms with Gasteiger partial charge in [0.15, 0.2) is 0 Å². The van der Waals surface area contributed by atoms with Crippen molar-refractivity contribution < 1.29 is 0 Å². The molecule has 0 heteroatoms. The molecule has 0 bridgehead atoms. The Morgan fingerprint density at radius 2 is 1.67 bits per heavy atom. The minimum absolute atomic E-state index is 0.821. The summed E-state index contributed by atoms with van der Waals surface area (Å²) in [7, 11) is 0. The second kappa shape index (κ2) is 6.81. The SMILES string of the molecule is CC[C@H]1CC[C@H](c2ccc(C3=CCC(C)CC3)cc2)CC1. The van der Waals surface area contributed by atoms with E-state index in [9.17, 15) is 0 Å². The summed E-state index contributed by atoms with van der Waals surface area (Å²) in [6.45, 7) is 4.71. The largest absolute Gasteiger partial charge is 0.0805 e. The van der Waals surface area contributed by atoms with Crippen molar-refractivity contribution in [2.75, 3.05) is 0 Å². The number of rotatable bonds is 3. The lowest BCUT2D eigenvalue weighted by Crippen LogP contribution is -2.12. The van der Waals surface area contributed by atoms with E-state index in [0.717, 1.165) is 17.8 Å². The van der Waals surface area contributed by atoms with E-state index >= 15 is 0 Å². The zero-order valence-corrected chi connectivity index (χ0v) is 13.8. The molecule has 0 amide bonds. The van der Waals surface area contributed by atoms with Gasteiger partial charge in [-0.05, 0) is 79.4 Å². The molecular weight excluding hydrogens is 252 g/mol. The monoisotopic (exact) mass is 282 g/mol. The van der Waals surface area contributed by atoms with Crippen LogP contribution in [0, 0.1) is 11.8 Å². The first-order valence-corrected chi connectivity index (χ1v) is 9.05. The molecule has 114 valence electrons. The van der Waals surface area contributed by atoms with Crippen molar-refractivity contribution in [3.05, 3.63) is 41.5 Å². The molecule has 0 N–H and O–H groups in total. The zero-order valence-electron chi connectivity index (χ0n) is 13.8. The Labute approximate surface area is 130 Å². The number of benzene rings is 1. The highest BCUT2D eigenvalue weighted by Crippen LogP contribution is 2.37. The molecule has 1 aromatic rings. The van der Waals surface area contributed by atoms with Gasteiger partial charge in [-0.2, -0.15) is 0 Å². The molecule has 1 aromatic carbocycles. The lowest BCUT2D eigenvalue weighted by Gasteiger charge is -2.28. The van der Waals surface area contributed by atoms with Crippen molar-refractivity contribution in [2.24, 2.45) is 11.8 Å². The van der Waals surface area contributed by atoms with E-state index in [4.69, 9.17) is 0 Å². The molecule has 1 atom stereocenters. The van der Waals surface area contributed by atoms with Crippen LogP contribution in [0.25, 0.3) is 5.57 Å². The molecule has 2 aliphatic rings. The number of allylic oxidation sites excluding steroid dienone is 2. The average Bonchev–Trinajstić information content (AvgIpc) is 2.56. The van der Waals surface area contributed by atoms with E-state index in [1.165, 1.54) is 56.9 Å². The van der Waals surface area contributed by atoms with Crippen molar-refractivity contribution in [3.63, 3.8) is 0 Å².